The number of hydrogen-bond acceptors (Lipinski definition) is 3. The number of carbonyl (C=O) groups excluding carboxylic acids is 1. The lowest BCUT2D eigenvalue weighted by molar-refractivity contribution is -0.137. The maximum absolute atomic E-state index is 12.3. The van der Waals surface area contributed by atoms with Gasteiger partial charge in [0.2, 0.25) is 0 Å². The molecule has 1 saturated heterocycles. The monoisotopic (exact) mass is 334 g/mol. The van der Waals surface area contributed by atoms with Crippen LogP contribution in [-0.2, 0) is 14.3 Å². The van der Waals surface area contributed by atoms with Gasteiger partial charge in [-0.25, -0.2) is 0 Å². The van der Waals surface area contributed by atoms with Crippen molar-refractivity contribution in [3.05, 3.63) is 24.3 Å². The molecule has 24 heavy (non-hydrogen) atoms. The first kappa shape index (κ1) is 18.9. The van der Waals surface area contributed by atoms with Gasteiger partial charge in [-0.05, 0) is 44.1 Å². The first-order valence-electron chi connectivity index (χ1n) is 9.33. The van der Waals surface area contributed by atoms with Crippen LogP contribution in [0.5, 0.6) is 0 Å². The number of hydrogen-bond donors (Lipinski definition) is 1. The fourth-order valence-electron chi connectivity index (χ4n) is 3.57. The van der Waals surface area contributed by atoms with Gasteiger partial charge in [0.25, 0.3) is 0 Å². The summed E-state index contributed by atoms with van der Waals surface area (Å²) in [5.74, 6) is 0.548. The predicted molar refractivity (Wildman–Crippen MR) is 93.8 cm³/mol. The van der Waals surface area contributed by atoms with E-state index in [0.717, 1.165) is 32.3 Å². The first-order valence-corrected chi connectivity index (χ1v) is 9.33. The maximum atomic E-state index is 12.3. The number of carboxylic acid groups (broad SMARTS) is 1. The van der Waals surface area contributed by atoms with Crippen LogP contribution in [0.2, 0.25) is 0 Å². The molecule has 1 heterocycles. The Balaban J connectivity index is 1.71. The van der Waals surface area contributed by atoms with E-state index in [-0.39, 0.29) is 12.3 Å². The van der Waals surface area contributed by atoms with E-state index < -0.39 is 5.97 Å². The van der Waals surface area contributed by atoms with Crippen LogP contribution in [0.3, 0.4) is 0 Å². The lowest BCUT2D eigenvalue weighted by atomic mass is 9.85. The average molecular weight is 334 g/mol. The summed E-state index contributed by atoms with van der Waals surface area (Å²) in [4.78, 5) is 22.7. The summed E-state index contributed by atoms with van der Waals surface area (Å²) in [7, 11) is 0. The van der Waals surface area contributed by atoms with Crippen molar-refractivity contribution in [3.8, 4) is 0 Å². The molecule has 1 saturated carbocycles. The molecule has 1 aliphatic carbocycles. The normalized spacial score (nSPS) is 25.7. The van der Waals surface area contributed by atoms with Crippen LogP contribution < -0.4 is 0 Å². The summed E-state index contributed by atoms with van der Waals surface area (Å²) < 4.78 is 5.58. The fourth-order valence-corrected chi connectivity index (χ4v) is 3.57. The number of rotatable bonds is 9. The van der Waals surface area contributed by atoms with Crippen LogP contribution in [-0.4, -0.2) is 30.1 Å². The van der Waals surface area contributed by atoms with E-state index in [4.69, 9.17) is 9.84 Å². The Labute approximate surface area is 145 Å². The first-order chi connectivity index (χ1) is 11.7. The van der Waals surface area contributed by atoms with Crippen LogP contribution in [0.1, 0.15) is 57.8 Å². The van der Waals surface area contributed by atoms with Crippen molar-refractivity contribution in [2.45, 2.75) is 57.8 Å². The number of aliphatic carboxylic acids is 1. The smallest absolute Gasteiger partial charge is 0.303 e. The minimum absolute atomic E-state index is 0.228. The standard InChI is InChI=1S/C20H30O4/c21-19(16-8-5-3-6-9-16)13-12-18-15-24-14-17(18)10-4-1-2-7-11-20(22)23/h1,4,12-13,16-18H,2-3,5-11,14-15H2,(H,22,23)/b4-1-,13-12+/t17-,18-/m0/s1. The van der Waals surface area contributed by atoms with Gasteiger partial charge in [0, 0.05) is 18.3 Å². The molecule has 0 spiro atoms. The van der Waals surface area contributed by atoms with Gasteiger partial charge in [0.05, 0.1) is 13.2 Å². The molecule has 0 radical (unpaired) electrons. The van der Waals surface area contributed by atoms with E-state index in [9.17, 15) is 9.59 Å². The van der Waals surface area contributed by atoms with Crippen molar-refractivity contribution in [3.63, 3.8) is 0 Å². The molecule has 2 atom stereocenters. The highest BCUT2D eigenvalue weighted by atomic mass is 16.5. The fraction of sp³-hybridized carbons (Fsp3) is 0.700. The molecular formula is C20H30O4. The van der Waals surface area contributed by atoms with Gasteiger partial charge in [-0.3, -0.25) is 9.59 Å². The maximum Gasteiger partial charge on any atom is 0.303 e. The summed E-state index contributed by atoms with van der Waals surface area (Å²) in [6, 6.07) is 0. The third-order valence-corrected chi connectivity index (χ3v) is 5.13. The number of ether oxygens (including phenoxy) is 1. The number of allylic oxidation sites excluding steroid dienone is 3. The zero-order valence-electron chi connectivity index (χ0n) is 14.5. The van der Waals surface area contributed by atoms with Crippen LogP contribution in [0.15, 0.2) is 24.3 Å². The van der Waals surface area contributed by atoms with Crippen molar-refractivity contribution in [2.24, 2.45) is 17.8 Å². The third kappa shape index (κ3) is 6.60. The molecule has 0 bridgehead atoms. The van der Waals surface area contributed by atoms with Gasteiger partial charge in [-0.2, -0.15) is 0 Å². The summed E-state index contributed by atoms with van der Waals surface area (Å²) >= 11 is 0. The average Bonchev–Trinajstić information content (AvgIpc) is 3.03. The quantitative estimate of drug-likeness (QED) is 0.391. The van der Waals surface area contributed by atoms with Crippen LogP contribution in [0.25, 0.3) is 0 Å². The molecule has 2 aliphatic rings. The Kier molecular flexibility index (Phi) is 8.23. The van der Waals surface area contributed by atoms with Crippen molar-refractivity contribution in [1.29, 1.82) is 0 Å². The van der Waals surface area contributed by atoms with Gasteiger partial charge < -0.3 is 9.84 Å². The molecule has 4 heteroatoms. The number of carboxylic acids is 1. The van der Waals surface area contributed by atoms with Crippen LogP contribution >= 0.6 is 0 Å². The molecule has 0 aromatic heterocycles. The third-order valence-electron chi connectivity index (χ3n) is 5.13. The molecule has 2 fully saturated rings. The second-order valence-corrected chi connectivity index (χ2v) is 7.05. The van der Waals surface area contributed by atoms with E-state index in [0.29, 0.717) is 30.6 Å². The number of unbranched alkanes of at least 4 members (excludes halogenated alkanes) is 1. The molecule has 0 aromatic carbocycles. The number of carbonyl (C=O) groups is 2. The van der Waals surface area contributed by atoms with E-state index in [1.54, 1.807) is 6.08 Å². The Morgan fingerprint density at radius 2 is 1.88 bits per heavy atom. The van der Waals surface area contributed by atoms with E-state index >= 15 is 0 Å². The lowest BCUT2D eigenvalue weighted by Crippen LogP contribution is -2.16. The second kappa shape index (κ2) is 10.4. The molecule has 1 N–H and O–H groups in total. The molecule has 0 unspecified atom stereocenters. The van der Waals surface area contributed by atoms with Gasteiger partial charge in [-0.1, -0.05) is 37.5 Å². The highest BCUT2D eigenvalue weighted by Crippen LogP contribution is 2.28. The van der Waals surface area contributed by atoms with E-state index in [1.807, 2.05) is 0 Å². The zero-order valence-corrected chi connectivity index (χ0v) is 14.5. The van der Waals surface area contributed by atoms with E-state index in [2.05, 4.69) is 18.2 Å². The summed E-state index contributed by atoms with van der Waals surface area (Å²) in [5, 5.41) is 8.60. The van der Waals surface area contributed by atoms with Crippen molar-refractivity contribution < 1.29 is 19.4 Å². The Morgan fingerprint density at radius 3 is 2.62 bits per heavy atom. The van der Waals surface area contributed by atoms with Gasteiger partial charge in [-0.15, -0.1) is 0 Å². The Morgan fingerprint density at radius 1 is 1.08 bits per heavy atom. The van der Waals surface area contributed by atoms with Crippen molar-refractivity contribution in [2.75, 3.05) is 13.2 Å². The predicted octanol–water partition coefficient (Wildman–Crippen LogP) is 4.16. The molecule has 2 rings (SSSR count). The molecule has 4 nitrogen and oxygen atoms in total. The lowest BCUT2D eigenvalue weighted by Gasteiger charge is -2.19. The van der Waals surface area contributed by atoms with Crippen LogP contribution in [0, 0.1) is 17.8 Å². The minimum Gasteiger partial charge on any atom is -0.481 e. The highest BCUT2D eigenvalue weighted by molar-refractivity contribution is 5.91. The molecule has 0 aromatic rings. The largest absolute Gasteiger partial charge is 0.481 e. The topological polar surface area (TPSA) is 63.6 Å². The summed E-state index contributed by atoms with van der Waals surface area (Å²) in [5.41, 5.74) is 0. The Hall–Kier alpha value is -1.42. The SMILES string of the molecule is O=C(O)CCC/C=C\C[C@H]1COC[C@@H]1/C=C/C(=O)C1CCCCC1. The van der Waals surface area contributed by atoms with Gasteiger partial charge >= 0.3 is 5.97 Å². The Bertz CT molecular complexity index is 460. The van der Waals surface area contributed by atoms with Gasteiger partial charge in [0.1, 0.15) is 0 Å². The minimum atomic E-state index is -0.736. The highest BCUT2D eigenvalue weighted by Gasteiger charge is 2.26. The second-order valence-electron chi connectivity index (χ2n) is 7.05. The molecule has 134 valence electrons. The number of ketones is 1. The van der Waals surface area contributed by atoms with Crippen molar-refractivity contribution in [1.82, 2.24) is 0 Å². The van der Waals surface area contributed by atoms with Crippen molar-refractivity contribution >= 4 is 11.8 Å². The molecule has 1 aliphatic heterocycles. The van der Waals surface area contributed by atoms with Gasteiger partial charge in [0.15, 0.2) is 5.78 Å². The molecular weight excluding hydrogens is 304 g/mol. The zero-order chi connectivity index (χ0) is 17.2. The van der Waals surface area contributed by atoms with E-state index in [1.165, 1.54) is 19.3 Å². The van der Waals surface area contributed by atoms with Crippen LogP contribution in [0.4, 0.5) is 0 Å². The summed E-state index contributed by atoms with van der Waals surface area (Å²) in [6.45, 7) is 1.44. The molecule has 0 amide bonds. The summed E-state index contributed by atoms with van der Waals surface area (Å²) in [6.07, 6.45) is 16.5.